The molecule has 8 aromatic carbocycles. The molecule has 0 radical (unpaired) electrons. The van der Waals surface area contributed by atoms with Gasteiger partial charge in [-0.2, -0.15) is 0 Å². The van der Waals surface area contributed by atoms with Gasteiger partial charge in [0.1, 0.15) is 33.5 Å². The van der Waals surface area contributed by atoms with Crippen molar-refractivity contribution < 1.29 is 22.1 Å². The van der Waals surface area contributed by atoms with Gasteiger partial charge in [-0.25, -0.2) is 24.9 Å². The molecule has 0 aliphatic rings. The molecule has 10 heterocycles. The number of hydrogen-bond acceptors (Lipinski definition) is 16. The summed E-state index contributed by atoms with van der Waals surface area (Å²) in [6, 6.07) is 53.5. The lowest BCUT2D eigenvalue weighted by molar-refractivity contribution is 0.505. The van der Waals surface area contributed by atoms with Crippen molar-refractivity contribution >= 4 is 120 Å². The third-order valence-electron chi connectivity index (χ3n) is 17.6. The summed E-state index contributed by atoms with van der Waals surface area (Å²) in [7, 11) is 6.00. The maximum absolute atomic E-state index is 6.12. The van der Waals surface area contributed by atoms with E-state index in [1.807, 2.05) is 122 Å². The molecule has 10 aromatic heterocycles. The van der Waals surface area contributed by atoms with E-state index in [4.69, 9.17) is 37.0 Å². The molecule has 18 aromatic rings. The van der Waals surface area contributed by atoms with Gasteiger partial charge < -0.3 is 27.0 Å². The number of fused-ring (bicyclic) bond motifs is 8. The van der Waals surface area contributed by atoms with Crippen LogP contribution in [0.3, 0.4) is 0 Å². The summed E-state index contributed by atoms with van der Waals surface area (Å²) in [6.45, 7) is 33.3. The van der Waals surface area contributed by atoms with E-state index in [0.717, 1.165) is 127 Å². The van der Waals surface area contributed by atoms with Gasteiger partial charge in [0.15, 0.2) is 43.5 Å². The van der Waals surface area contributed by atoms with Crippen LogP contribution in [0.25, 0.3) is 141 Å². The van der Waals surface area contributed by atoms with Crippen LogP contribution < -0.4 is 0 Å². The Morgan fingerprint density at radius 1 is 0.327 bits per heavy atom. The van der Waals surface area contributed by atoms with Gasteiger partial charge in [0.05, 0.1) is 36.2 Å². The minimum Gasteiger partial charge on any atom is -0.454 e. The zero-order valence-electron chi connectivity index (χ0n) is 62.6. The Morgan fingerprint density at radius 2 is 0.760 bits per heavy atom. The second-order valence-electron chi connectivity index (χ2n) is 26.6. The molecule has 0 unspecified atom stereocenters. The monoisotopic (exact) mass is 1430 g/mol. The van der Waals surface area contributed by atoms with E-state index in [1.165, 1.54) is 80.5 Å². The summed E-state index contributed by atoms with van der Waals surface area (Å²) < 4.78 is 33.5. The Bertz CT molecular complexity index is 5610. The van der Waals surface area contributed by atoms with E-state index < -0.39 is 0 Å². The predicted molar refractivity (Wildman–Crippen MR) is 436 cm³/mol. The molecule has 16 heteroatoms. The first-order valence-corrected chi connectivity index (χ1v) is 37.3. The molecule has 0 fully saturated rings. The molecule has 0 atom stereocenters. The molecular weight excluding hydrogens is 1350 g/mol. The summed E-state index contributed by atoms with van der Waals surface area (Å²) in [5.41, 5.74) is 28.1. The van der Waals surface area contributed by atoms with E-state index in [-0.39, 0.29) is 0 Å². The highest BCUT2D eigenvalue weighted by Gasteiger charge is 2.20. The van der Waals surface area contributed by atoms with Crippen molar-refractivity contribution in [3.05, 3.63) is 254 Å². The van der Waals surface area contributed by atoms with Gasteiger partial charge in [-0.1, -0.05) is 117 Å². The summed E-state index contributed by atoms with van der Waals surface area (Å²) in [4.78, 5) is 33.8. The molecule has 13 nitrogen and oxygen atoms in total. The number of benzene rings is 8. The van der Waals surface area contributed by atoms with Gasteiger partial charge in [-0.3, -0.25) is 9.97 Å². The van der Waals surface area contributed by atoms with Crippen LogP contribution in [0.15, 0.2) is 198 Å². The van der Waals surface area contributed by atoms with E-state index in [2.05, 4.69) is 192 Å². The van der Waals surface area contributed by atoms with Crippen LogP contribution in [0.4, 0.5) is 0 Å². The Kier molecular flexibility index (Phi) is 22.1. The zero-order chi connectivity index (χ0) is 73.8. The lowest BCUT2D eigenvalue weighted by Crippen LogP contribution is -1.99. The van der Waals surface area contributed by atoms with Crippen LogP contribution in [-0.4, -0.2) is 60.9 Å². The highest BCUT2D eigenvalue weighted by molar-refractivity contribution is 7.22. The number of nitrogens with zero attached hydrogens (tertiary/aromatic N) is 8. The van der Waals surface area contributed by atoms with Crippen molar-refractivity contribution in [1.82, 2.24) is 39.8 Å². The number of thiazole rings is 3. The van der Waals surface area contributed by atoms with Crippen LogP contribution in [0.1, 0.15) is 91.7 Å². The molecule has 0 amide bonds. The standard InChI is InChI=1S/2C19H17NOS.C17H13NOS.2C14H12N2O.C3H9N.C2H6/c1-10-5-7-12(3)17-14(10)9-15(21-17)19-20-16-11(2)6-8-13(4)18(16)22-19;1-10-7-13(4)14-9-16(21-15(14)8-10)19-20-17-11(2)5-6-12(3)18(17)22-19;1-10-7-8-11(2)16-15(10)18-17(20-16)14-9-12-5-3-4-6-13(12)19-14;1-9-5-6-10(2)13-12(9)16-14(17-13)11-4-3-7-15-8-11;1-9-6-7-10(2)13-12(9)16-14(17-13)11-5-3-4-8-15-11;1-4(2)3;1-2/h2*5-9H,1-4H3;3-9H,1-2H3;2*3-8H,1-2H3;1-3H3;1-2H3. The topological polar surface area (TPSA) is 159 Å². The Balaban J connectivity index is 0.000000120. The van der Waals surface area contributed by atoms with Gasteiger partial charge in [0.25, 0.3) is 0 Å². The lowest BCUT2D eigenvalue weighted by atomic mass is 10.1. The molecule has 0 spiro atoms. The number of aryl methyl sites for hydroxylation is 14. The predicted octanol–water partition coefficient (Wildman–Crippen LogP) is 25.4. The summed E-state index contributed by atoms with van der Waals surface area (Å²) >= 11 is 5.13. The molecule has 18 rings (SSSR count). The number of para-hydroxylation sites is 1. The molecular formula is C88H86N8O5S3. The first-order chi connectivity index (χ1) is 50.0. The fraction of sp³-hybridized carbons (Fsp3) is 0.216. The first-order valence-electron chi connectivity index (χ1n) is 34.8. The quantitative estimate of drug-likeness (QED) is 0.160. The number of pyridine rings is 2. The first kappa shape index (κ1) is 73.0. The molecule has 0 N–H and O–H groups in total. The summed E-state index contributed by atoms with van der Waals surface area (Å²) in [6.07, 6.45) is 5.24. The maximum atomic E-state index is 6.12. The molecule has 0 aliphatic heterocycles. The van der Waals surface area contributed by atoms with E-state index in [0.29, 0.717) is 11.8 Å². The minimum atomic E-state index is 0.581. The van der Waals surface area contributed by atoms with Crippen molar-refractivity contribution in [1.29, 1.82) is 0 Å². The number of aromatic nitrogens is 7. The van der Waals surface area contributed by atoms with Gasteiger partial charge in [0, 0.05) is 34.7 Å². The number of rotatable bonds is 5. The minimum absolute atomic E-state index is 0.581. The maximum Gasteiger partial charge on any atom is 0.246 e. The molecule has 526 valence electrons. The van der Waals surface area contributed by atoms with Crippen molar-refractivity contribution in [3.63, 3.8) is 0 Å². The second kappa shape index (κ2) is 31.5. The summed E-state index contributed by atoms with van der Waals surface area (Å²) in [5, 5.41) is 6.35. The van der Waals surface area contributed by atoms with Gasteiger partial charge in [-0.15, -0.1) is 34.0 Å². The Morgan fingerprint density at radius 3 is 1.24 bits per heavy atom. The highest BCUT2D eigenvalue weighted by atomic mass is 32.1. The van der Waals surface area contributed by atoms with Crippen LogP contribution in [-0.2, 0) is 0 Å². The van der Waals surface area contributed by atoms with Crippen molar-refractivity contribution in [2.24, 2.45) is 0 Å². The molecule has 0 saturated heterocycles. The average Bonchev–Trinajstić information content (AvgIpc) is 1.64. The van der Waals surface area contributed by atoms with Crippen LogP contribution in [0, 0.1) is 96.9 Å². The third kappa shape index (κ3) is 15.6. The third-order valence-corrected chi connectivity index (χ3v) is 21.3. The molecule has 104 heavy (non-hydrogen) atoms. The Hall–Kier alpha value is -10.8. The molecule has 0 aliphatic carbocycles. The second-order valence-corrected chi connectivity index (χ2v) is 29.6. The van der Waals surface area contributed by atoms with Crippen LogP contribution in [0.2, 0.25) is 0 Å². The normalized spacial score (nSPS) is 11.1. The van der Waals surface area contributed by atoms with E-state index in [9.17, 15) is 0 Å². The average molecular weight is 1430 g/mol. The smallest absolute Gasteiger partial charge is 0.246 e. The summed E-state index contributed by atoms with van der Waals surface area (Å²) in [5.74, 6) is 3.80. The van der Waals surface area contributed by atoms with E-state index >= 15 is 0 Å². The van der Waals surface area contributed by atoms with Crippen LogP contribution >= 0.6 is 34.0 Å². The fourth-order valence-corrected chi connectivity index (χ4v) is 15.2. The SMILES string of the molecule is CC.CN(C)C.Cc1cc(C)c2cc(-c3nc4c(C)ccc(C)c4s3)oc2c1.Cc1ccc(C)c2oc(-c3ccccn3)nc12.Cc1ccc(C)c2oc(-c3cccnc3)nc12.Cc1ccc(C)c2oc(-c3nc4c(C)ccc(C)c4s3)cc12.Cc1ccc(C)c2sc(-c3cc4ccccc4o3)nc12. The number of hydrogen-bond donors (Lipinski definition) is 0. The van der Waals surface area contributed by atoms with Crippen LogP contribution in [0.5, 0.6) is 0 Å². The van der Waals surface area contributed by atoms with E-state index in [1.54, 1.807) is 52.6 Å². The highest BCUT2D eigenvalue weighted by Crippen LogP contribution is 2.41. The van der Waals surface area contributed by atoms with Crippen molar-refractivity contribution in [2.75, 3.05) is 21.1 Å². The molecule has 0 saturated carbocycles. The number of oxazole rings is 2. The van der Waals surface area contributed by atoms with Gasteiger partial charge >= 0.3 is 0 Å². The lowest BCUT2D eigenvalue weighted by Gasteiger charge is -1.96. The Labute approximate surface area is 619 Å². The van der Waals surface area contributed by atoms with Crippen molar-refractivity contribution in [2.45, 2.75) is 111 Å². The zero-order valence-corrected chi connectivity index (χ0v) is 65.0. The van der Waals surface area contributed by atoms with Gasteiger partial charge in [0.2, 0.25) is 11.8 Å². The number of furan rings is 3. The van der Waals surface area contributed by atoms with Crippen molar-refractivity contribution in [3.8, 4) is 55.3 Å². The fourth-order valence-electron chi connectivity index (χ4n) is 12.0. The largest absolute Gasteiger partial charge is 0.454 e. The molecule has 0 bridgehead atoms. The van der Waals surface area contributed by atoms with Gasteiger partial charge in [-0.05, 0) is 251 Å².